The van der Waals surface area contributed by atoms with Crippen LogP contribution in [0.2, 0.25) is 0 Å². The van der Waals surface area contributed by atoms with Crippen molar-refractivity contribution in [1.29, 1.82) is 0 Å². The lowest BCUT2D eigenvalue weighted by molar-refractivity contribution is -0.153. The van der Waals surface area contributed by atoms with Gasteiger partial charge in [-0.15, -0.1) is 0 Å². The van der Waals surface area contributed by atoms with Crippen molar-refractivity contribution in [3.63, 3.8) is 0 Å². The Kier molecular flexibility index (Phi) is 6.69. The van der Waals surface area contributed by atoms with Gasteiger partial charge >= 0.3 is 10.8 Å². The van der Waals surface area contributed by atoms with E-state index in [9.17, 15) is 14.4 Å². The maximum atomic E-state index is 13.0. The van der Waals surface area contributed by atoms with Crippen molar-refractivity contribution < 1.29 is 19.1 Å². The molecule has 0 unspecified atom stereocenters. The van der Waals surface area contributed by atoms with E-state index in [0.717, 1.165) is 28.2 Å². The normalized spacial score (nSPS) is 15.3. The molecule has 0 saturated carbocycles. The summed E-state index contributed by atoms with van der Waals surface area (Å²) in [7, 11) is 1.59. The number of ether oxygens (including phenoxy) is 2. The fourth-order valence-electron chi connectivity index (χ4n) is 3.61. The van der Waals surface area contributed by atoms with E-state index in [2.05, 4.69) is 5.10 Å². The number of amides is 1. The lowest BCUT2D eigenvalue weighted by atomic mass is 9.98. The molecular formula is C24H23N3O5S. The first-order valence-corrected chi connectivity index (χ1v) is 11.2. The smallest absolute Gasteiger partial charge is 0.326 e. The minimum Gasteiger partial charge on any atom is -0.497 e. The van der Waals surface area contributed by atoms with Crippen LogP contribution in [0.15, 0.2) is 69.9 Å². The summed E-state index contributed by atoms with van der Waals surface area (Å²) in [5.41, 5.74) is 3.27. The molecule has 0 bridgehead atoms. The van der Waals surface area contributed by atoms with Gasteiger partial charge in [0.25, 0.3) is 5.91 Å². The molecule has 3 aromatic rings. The van der Waals surface area contributed by atoms with Crippen LogP contribution >= 0.6 is 11.3 Å². The Labute approximate surface area is 194 Å². The summed E-state index contributed by atoms with van der Waals surface area (Å²) in [4.78, 5) is 36.8. The van der Waals surface area contributed by atoms with Gasteiger partial charge in [-0.1, -0.05) is 53.8 Å². The third kappa shape index (κ3) is 5.04. The fourth-order valence-corrected chi connectivity index (χ4v) is 4.34. The van der Waals surface area contributed by atoms with E-state index in [1.165, 1.54) is 9.58 Å². The third-order valence-electron chi connectivity index (χ3n) is 5.39. The highest BCUT2D eigenvalue weighted by molar-refractivity contribution is 7.07. The Hall–Kier alpha value is -3.72. The summed E-state index contributed by atoms with van der Waals surface area (Å²) in [6.07, 6.45) is 0.527. The van der Waals surface area contributed by atoms with Gasteiger partial charge in [0.15, 0.2) is 6.61 Å². The van der Waals surface area contributed by atoms with E-state index in [1.807, 2.05) is 54.6 Å². The average Bonchev–Trinajstić information content (AvgIpc) is 3.43. The largest absolute Gasteiger partial charge is 0.497 e. The van der Waals surface area contributed by atoms with E-state index in [1.54, 1.807) is 19.4 Å². The maximum absolute atomic E-state index is 13.0. The van der Waals surface area contributed by atoms with Crippen molar-refractivity contribution in [2.45, 2.75) is 25.9 Å². The Bertz CT molecular complexity index is 1230. The molecule has 2 aromatic carbocycles. The van der Waals surface area contributed by atoms with Crippen LogP contribution in [0.1, 0.15) is 29.3 Å². The molecule has 170 valence electrons. The SMILES string of the molecule is COc1ccc([C@H]2CC(c3ccccc3)=NN2C(=O)COC(=O)Cn2c(C)csc2=O)cc1. The highest BCUT2D eigenvalue weighted by atomic mass is 32.1. The van der Waals surface area contributed by atoms with Gasteiger partial charge in [0.05, 0.1) is 18.9 Å². The van der Waals surface area contributed by atoms with Crippen LogP contribution in [-0.4, -0.2) is 40.9 Å². The topological polar surface area (TPSA) is 90.2 Å². The quantitative estimate of drug-likeness (QED) is 0.500. The van der Waals surface area contributed by atoms with Gasteiger partial charge in [0.2, 0.25) is 0 Å². The molecule has 1 amide bonds. The summed E-state index contributed by atoms with van der Waals surface area (Å²) in [6.45, 7) is 1.04. The van der Waals surface area contributed by atoms with Gasteiger partial charge in [0, 0.05) is 17.5 Å². The van der Waals surface area contributed by atoms with Crippen LogP contribution in [0.5, 0.6) is 5.75 Å². The lowest BCUT2D eigenvalue weighted by Gasteiger charge is -2.22. The summed E-state index contributed by atoms with van der Waals surface area (Å²) >= 11 is 1.01. The summed E-state index contributed by atoms with van der Waals surface area (Å²) in [5, 5.41) is 7.61. The molecule has 1 atom stereocenters. The molecule has 9 heteroatoms. The van der Waals surface area contributed by atoms with Crippen molar-refractivity contribution >= 4 is 28.9 Å². The molecule has 1 aromatic heterocycles. The minimum atomic E-state index is -0.653. The van der Waals surface area contributed by atoms with Crippen LogP contribution in [0.25, 0.3) is 0 Å². The Morgan fingerprint density at radius 3 is 2.48 bits per heavy atom. The predicted octanol–water partition coefficient (Wildman–Crippen LogP) is 3.15. The van der Waals surface area contributed by atoms with Crippen molar-refractivity contribution in [2.24, 2.45) is 5.10 Å². The number of aryl methyl sites for hydroxylation is 1. The van der Waals surface area contributed by atoms with Crippen molar-refractivity contribution in [3.05, 3.63) is 86.5 Å². The van der Waals surface area contributed by atoms with Crippen LogP contribution in [0.3, 0.4) is 0 Å². The number of hydrogen-bond donors (Lipinski definition) is 0. The fraction of sp³-hybridized carbons (Fsp3) is 0.250. The molecule has 8 nitrogen and oxygen atoms in total. The average molecular weight is 466 g/mol. The minimum absolute atomic E-state index is 0.234. The summed E-state index contributed by atoms with van der Waals surface area (Å²) in [6, 6.07) is 16.8. The number of benzene rings is 2. The molecule has 4 rings (SSSR count). The first kappa shape index (κ1) is 22.5. The van der Waals surface area contributed by atoms with Gasteiger partial charge in [0.1, 0.15) is 12.3 Å². The zero-order chi connectivity index (χ0) is 23.4. The van der Waals surface area contributed by atoms with Crippen molar-refractivity contribution in [3.8, 4) is 5.75 Å². The number of aromatic nitrogens is 1. The first-order chi connectivity index (χ1) is 16.0. The highest BCUT2D eigenvalue weighted by Crippen LogP contribution is 2.33. The standard InChI is InChI=1S/C24H23N3O5S/c1-16-15-33-24(30)26(16)13-23(29)32-14-22(28)27-21(18-8-10-19(31-2)11-9-18)12-20(25-27)17-6-4-3-5-7-17/h3-11,15,21H,12-14H2,1-2H3/t21-/m1/s1. The molecule has 0 fully saturated rings. The number of carbonyl (C=O) groups excluding carboxylic acids is 2. The van der Waals surface area contributed by atoms with E-state index < -0.39 is 18.5 Å². The summed E-state index contributed by atoms with van der Waals surface area (Å²) in [5.74, 6) is -0.379. The number of nitrogens with zero attached hydrogens (tertiary/aromatic N) is 3. The second-order valence-electron chi connectivity index (χ2n) is 7.53. The van der Waals surface area contributed by atoms with Crippen LogP contribution in [-0.2, 0) is 20.9 Å². The monoisotopic (exact) mass is 465 g/mol. The van der Waals surface area contributed by atoms with E-state index in [4.69, 9.17) is 9.47 Å². The number of esters is 1. The number of thiazole rings is 1. The molecular weight excluding hydrogens is 442 g/mol. The van der Waals surface area contributed by atoms with Crippen molar-refractivity contribution in [1.82, 2.24) is 9.58 Å². The summed E-state index contributed by atoms with van der Waals surface area (Å²) < 4.78 is 11.7. The van der Waals surface area contributed by atoms with Gasteiger partial charge in [-0.25, -0.2) is 5.01 Å². The van der Waals surface area contributed by atoms with E-state index in [-0.39, 0.29) is 17.5 Å². The van der Waals surface area contributed by atoms with E-state index in [0.29, 0.717) is 17.9 Å². The first-order valence-electron chi connectivity index (χ1n) is 10.4. The molecule has 0 aliphatic carbocycles. The zero-order valence-electron chi connectivity index (χ0n) is 18.3. The van der Waals surface area contributed by atoms with Crippen LogP contribution < -0.4 is 9.61 Å². The van der Waals surface area contributed by atoms with Gasteiger partial charge in [-0.3, -0.25) is 19.0 Å². The highest BCUT2D eigenvalue weighted by Gasteiger charge is 2.33. The van der Waals surface area contributed by atoms with E-state index >= 15 is 0 Å². The molecule has 1 aliphatic heterocycles. The number of hydrogen-bond acceptors (Lipinski definition) is 7. The lowest BCUT2D eigenvalue weighted by Crippen LogP contribution is -2.32. The van der Waals surface area contributed by atoms with Crippen LogP contribution in [0, 0.1) is 6.92 Å². The molecule has 1 aliphatic rings. The van der Waals surface area contributed by atoms with Gasteiger partial charge in [-0.2, -0.15) is 5.10 Å². The number of carbonyl (C=O) groups is 2. The van der Waals surface area contributed by atoms with Crippen molar-refractivity contribution in [2.75, 3.05) is 13.7 Å². The molecule has 2 heterocycles. The molecule has 0 saturated heterocycles. The predicted molar refractivity (Wildman–Crippen MR) is 124 cm³/mol. The second kappa shape index (κ2) is 9.83. The number of hydrazone groups is 1. The Morgan fingerprint density at radius 2 is 1.85 bits per heavy atom. The zero-order valence-corrected chi connectivity index (χ0v) is 19.1. The molecule has 33 heavy (non-hydrogen) atoms. The van der Waals surface area contributed by atoms with Gasteiger partial charge in [-0.05, 0) is 30.2 Å². The molecule has 0 radical (unpaired) electrons. The molecule has 0 spiro atoms. The Balaban J connectivity index is 1.50. The maximum Gasteiger partial charge on any atom is 0.326 e. The molecule has 0 N–H and O–H groups in total. The van der Waals surface area contributed by atoms with Crippen LogP contribution in [0.4, 0.5) is 0 Å². The third-order valence-corrected chi connectivity index (χ3v) is 6.27. The number of rotatable bonds is 7. The Morgan fingerprint density at radius 1 is 1.12 bits per heavy atom. The van der Waals surface area contributed by atoms with Gasteiger partial charge < -0.3 is 9.47 Å². The second-order valence-corrected chi connectivity index (χ2v) is 8.35. The number of methoxy groups -OCH3 is 1.